The zero-order chi connectivity index (χ0) is 12.0. The van der Waals surface area contributed by atoms with Crippen molar-refractivity contribution < 1.29 is 9.59 Å². The molecule has 0 aliphatic heterocycles. The number of benzene rings is 1. The van der Waals surface area contributed by atoms with Crippen LogP contribution in [0.4, 0.5) is 4.79 Å². The van der Waals surface area contributed by atoms with Gasteiger partial charge in [-0.2, -0.15) is 0 Å². The van der Waals surface area contributed by atoms with E-state index in [0.717, 1.165) is 5.56 Å². The smallest absolute Gasteiger partial charge is 0.321 e. The first-order valence-corrected chi connectivity index (χ1v) is 5.26. The third-order valence-corrected chi connectivity index (χ3v) is 2.39. The van der Waals surface area contributed by atoms with Gasteiger partial charge in [0, 0.05) is 7.05 Å². The Kier molecular flexibility index (Phi) is 4.51. The van der Waals surface area contributed by atoms with E-state index in [9.17, 15) is 9.59 Å². The molecule has 0 aliphatic carbocycles. The quantitative estimate of drug-likeness (QED) is 0.813. The number of urea groups is 1. The minimum Gasteiger partial charge on any atom is -0.341 e. The van der Waals surface area contributed by atoms with Crippen LogP contribution in [0.25, 0.3) is 0 Å². The first-order chi connectivity index (χ1) is 7.69. The molecule has 1 unspecified atom stereocenters. The fourth-order valence-corrected chi connectivity index (χ4v) is 1.52. The maximum Gasteiger partial charge on any atom is 0.321 e. The van der Waals surface area contributed by atoms with Crippen LogP contribution in [0.2, 0.25) is 0 Å². The first kappa shape index (κ1) is 12.2. The Hall–Kier alpha value is -1.84. The molecule has 1 rings (SSSR count). The van der Waals surface area contributed by atoms with Crippen LogP contribution in [0.15, 0.2) is 30.3 Å². The van der Waals surface area contributed by atoms with E-state index in [2.05, 4.69) is 10.6 Å². The molecule has 0 spiro atoms. The molecule has 0 saturated carbocycles. The molecule has 0 aliphatic rings. The summed E-state index contributed by atoms with van der Waals surface area (Å²) in [6.07, 6.45) is 0.660. The van der Waals surface area contributed by atoms with Crippen LogP contribution in [0.3, 0.4) is 0 Å². The number of hydrogen-bond donors (Lipinski definition) is 2. The predicted molar refractivity (Wildman–Crippen MR) is 62.1 cm³/mol. The van der Waals surface area contributed by atoms with E-state index in [1.54, 1.807) is 0 Å². The van der Waals surface area contributed by atoms with Crippen molar-refractivity contribution in [3.63, 3.8) is 0 Å². The number of rotatable bonds is 3. The third kappa shape index (κ3) is 3.08. The van der Waals surface area contributed by atoms with Crippen molar-refractivity contribution in [2.24, 2.45) is 0 Å². The highest BCUT2D eigenvalue weighted by Crippen LogP contribution is 2.18. The van der Waals surface area contributed by atoms with E-state index in [4.69, 9.17) is 0 Å². The van der Waals surface area contributed by atoms with Gasteiger partial charge in [0.25, 0.3) is 0 Å². The average molecular weight is 220 g/mol. The molecule has 0 radical (unpaired) electrons. The molecule has 0 heterocycles. The summed E-state index contributed by atoms with van der Waals surface area (Å²) in [5.41, 5.74) is 0.923. The van der Waals surface area contributed by atoms with E-state index in [1.807, 2.05) is 37.3 Å². The third-order valence-electron chi connectivity index (χ3n) is 2.39. The highest BCUT2D eigenvalue weighted by molar-refractivity contribution is 5.97. The molecule has 4 nitrogen and oxygen atoms in total. The summed E-state index contributed by atoms with van der Waals surface area (Å²) in [6, 6.07) is 8.96. The van der Waals surface area contributed by atoms with Crippen molar-refractivity contribution in [3.8, 4) is 0 Å². The number of carbonyl (C=O) groups is 2. The number of nitrogens with one attached hydrogen (secondary N) is 2. The number of carbonyl (C=O) groups excluding carboxylic acids is 2. The Balaban J connectivity index is 2.75. The summed E-state index contributed by atoms with van der Waals surface area (Å²) in [4.78, 5) is 22.8. The summed E-state index contributed by atoms with van der Waals surface area (Å²) in [5.74, 6) is -0.549. The molecule has 1 aromatic rings. The van der Waals surface area contributed by atoms with Crippen LogP contribution in [0.1, 0.15) is 24.8 Å². The monoisotopic (exact) mass is 220 g/mol. The Morgan fingerprint density at radius 2 is 1.88 bits per heavy atom. The van der Waals surface area contributed by atoms with E-state index < -0.39 is 6.03 Å². The molecule has 1 aromatic carbocycles. The van der Waals surface area contributed by atoms with Crippen LogP contribution in [-0.2, 0) is 4.79 Å². The van der Waals surface area contributed by atoms with Gasteiger partial charge in [0.2, 0.25) is 5.91 Å². The maximum absolute atomic E-state index is 11.8. The summed E-state index contributed by atoms with van der Waals surface area (Å²) < 4.78 is 0. The SMILES string of the molecule is CCC(C(=O)NC(=O)NC)c1ccccc1. The standard InChI is InChI=1S/C12H16N2O2/c1-3-10(9-7-5-4-6-8-9)11(15)14-12(16)13-2/h4-8,10H,3H2,1-2H3,(H2,13,14,15,16). The topological polar surface area (TPSA) is 58.2 Å². The molecule has 0 fully saturated rings. The van der Waals surface area contributed by atoms with Crippen molar-refractivity contribution in [1.29, 1.82) is 0 Å². The molecule has 16 heavy (non-hydrogen) atoms. The van der Waals surface area contributed by atoms with Crippen LogP contribution in [0, 0.1) is 0 Å². The summed E-state index contributed by atoms with van der Waals surface area (Å²) >= 11 is 0. The molecule has 1 atom stereocenters. The number of hydrogen-bond acceptors (Lipinski definition) is 2. The van der Waals surface area contributed by atoms with Gasteiger partial charge in [-0.15, -0.1) is 0 Å². The zero-order valence-corrected chi connectivity index (χ0v) is 9.49. The fourth-order valence-electron chi connectivity index (χ4n) is 1.52. The van der Waals surface area contributed by atoms with E-state index in [0.29, 0.717) is 6.42 Å². The van der Waals surface area contributed by atoms with Crippen LogP contribution >= 0.6 is 0 Å². The summed E-state index contributed by atoms with van der Waals surface area (Å²) in [6.45, 7) is 1.92. The molecular formula is C12H16N2O2. The highest BCUT2D eigenvalue weighted by atomic mass is 16.2. The van der Waals surface area contributed by atoms with Gasteiger partial charge in [0.1, 0.15) is 0 Å². The average Bonchev–Trinajstić information content (AvgIpc) is 2.31. The molecule has 4 heteroatoms. The van der Waals surface area contributed by atoms with Gasteiger partial charge in [-0.3, -0.25) is 10.1 Å². The minimum absolute atomic E-state index is 0.270. The van der Waals surface area contributed by atoms with Gasteiger partial charge < -0.3 is 5.32 Å². The summed E-state index contributed by atoms with van der Waals surface area (Å²) in [7, 11) is 1.48. The second-order valence-corrected chi connectivity index (χ2v) is 3.44. The molecule has 86 valence electrons. The van der Waals surface area contributed by atoms with Crippen molar-refractivity contribution >= 4 is 11.9 Å². The lowest BCUT2D eigenvalue weighted by molar-refractivity contribution is -0.121. The van der Waals surface area contributed by atoms with Gasteiger partial charge in [-0.25, -0.2) is 4.79 Å². The molecular weight excluding hydrogens is 204 g/mol. The second kappa shape index (κ2) is 5.90. The number of imide groups is 1. The zero-order valence-electron chi connectivity index (χ0n) is 9.49. The lowest BCUT2D eigenvalue weighted by atomic mass is 9.96. The molecule has 0 aromatic heterocycles. The maximum atomic E-state index is 11.8. The largest absolute Gasteiger partial charge is 0.341 e. The lowest BCUT2D eigenvalue weighted by Crippen LogP contribution is -2.40. The Morgan fingerprint density at radius 3 is 2.38 bits per heavy atom. The van der Waals surface area contributed by atoms with Crippen LogP contribution in [-0.4, -0.2) is 19.0 Å². The van der Waals surface area contributed by atoms with Gasteiger partial charge in [0.15, 0.2) is 0 Å². The van der Waals surface area contributed by atoms with Gasteiger partial charge in [-0.05, 0) is 12.0 Å². The van der Waals surface area contributed by atoms with Crippen LogP contribution < -0.4 is 10.6 Å². The number of amides is 3. The summed E-state index contributed by atoms with van der Waals surface area (Å²) in [5, 5.41) is 4.65. The van der Waals surface area contributed by atoms with Crippen molar-refractivity contribution in [2.75, 3.05) is 7.05 Å². The van der Waals surface area contributed by atoms with E-state index in [-0.39, 0.29) is 11.8 Å². The van der Waals surface area contributed by atoms with Crippen molar-refractivity contribution in [1.82, 2.24) is 10.6 Å². The van der Waals surface area contributed by atoms with Gasteiger partial charge in [0.05, 0.1) is 5.92 Å². The highest BCUT2D eigenvalue weighted by Gasteiger charge is 2.19. The second-order valence-electron chi connectivity index (χ2n) is 3.44. The Labute approximate surface area is 95.0 Å². The Morgan fingerprint density at radius 1 is 1.25 bits per heavy atom. The Bertz CT molecular complexity index is 363. The first-order valence-electron chi connectivity index (χ1n) is 5.26. The van der Waals surface area contributed by atoms with Gasteiger partial charge in [-0.1, -0.05) is 37.3 Å². The predicted octanol–water partition coefficient (Wildman–Crippen LogP) is 1.64. The normalized spacial score (nSPS) is 11.6. The molecule has 2 N–H and O–H groups in total. The minimum atomic E-state index is -0.473. The fraction of sp³-hybridized carbons (Fsp3) is 0.333. The molecule has 3 amide bonds. The van der Waals surface area contributed by atoms with Crippen molar-refractivity contribution in [2.45, 2.75) is 19.3 Å². The molecule has 0 bridgehead atoms. The van der Waals surface area contributed by atoms with E-state index >= 15 is 0 Å². The lowest BCUT2D eigenvalue weighted by Gasteiger charge is -2.14. The molecule has 0 saturated heterocycles. The van der Waals surface area contributed by atoms with Gasteiger partial charge >= 0.3 is 6.03 Å². The van der Waals surface area contributed by atoms with Crippen LogP contribution in [0.5, 0.6) is 0 Å². The van der Waals surface area contributed by atoms with Crippen molar-refractivity contribution in [3.05, 3.63) is 35.9 Å². The van der Waals surface area contributed by atoms with E-state index in [1.165, 1.54) is 7.05 Å².